The first-order valence-electron chi connectivity index (χ1n) is 27.5. The second kappa shape index (κ2) is 49.2. The molecule has 2 unspecified atom stereocenters. The van der Waals surface area contributed by atoms with Gasteiger partial charge in [-0.25, -0.2) is 4.79 Å². The van der Waals surface area contributed by atoms with Gasteiger partial charge in [0.2, 0.25) is 0 Å². The van der Waals surface area contributed by atoms with Gasteiger partial charge in [-0.3, -0.25) is 9.59 Å². The number of unbranched alkanes of at least 4 members (excludes halogenated alkanes) is 23. The summed E-state index contributed by atoms with van der Waals surface area (Å²) in [5.74, 6) is -1.53. The molecule has 0 saturated carbocycles. The lowest BCUT2D eigenvalue weighted by atomic mass is 10.0. The fourth-order valence-electron chi connectivity index (χ4n) is 7.81. The van der Waals surface area contributed by atoms with Crippen molar-refractivity contribution in [2.75, 3.05) is 41.0 Å². The van der Waals surface area contributed by atoms with E-state index in [4.69, 9.17) is 14.2 Å². The van der Waals surface area contributed by atoms with Crippen molar-refractivity contribution in [3.05, 3.63) is 72.9 Å². The molecule has 0 aromatic heterocycles. The summed E-state index contributed by atoms with van der Waals surface area (Å²) in [7, 11) is 5.52. The number of nitrogens with zero attached hydrogens (tertiary/aromatic N) is 1. The molecule has 386 valence electrons. The lowest BCUT2D eigenvalue weighted by Crippen LogP contribution is -2.50. The van der Waals surface area contributed by atoms with Crippen molar-refractivity contribution in [1.82, 2.24) is 0 Å². The van der Waals surface area contributed by atoms with Gasteiger partial charge in [0.05, 0.1) is 34.4 Å². The molecule has 0 amide bonds. The number of rotatable bonds is 49. The van der Waals surface area contributed by atoms with Crippen LogP contribution in [0.4, 0.5) is 0 Å². The molecule has 8 heteroatoms. The van der Waals surface area contributed by atoms with Crippen LogP contribution in [0.5, 0.6) is 0 Å². The number of carboxylic acids is 1. The van der Waals surface area contributed by atoms with Gasteiger partial charge in [0.25, 0.3) is 0 Å². The quantitative estimate of drug-likeness (QED) is 0.0281. The molecule has 0 bridgehead atoms. The van der Waals surface area contributed by atoms with Crippen LogP contribution in [-0.4, -0.2) is 80.6 Å². The van der Waals surface area contributed by atoms with Crippen molar-refractivity contribution >= 4 is 17.9 Å². The maximum atomic E-state index is 12.8. The smallest absolute Gasteiger partial charge is 0.362 e. The number of aliphatic carboxylic acids is 1. The summed E-state index contributed by atoms with van der Waals surface area (Å²) in [5, 5.41) is 9.67. The largest absolute Gasteiger partial charge is 0.477 e. The highest BCUT2D eigenvalue weighted by molar-refractivity contribution is 5.72. The molecule has 8 nitrogen and oxygen atoms in total. The van der Waals surface area contributed by atoms with E-state index in [1.54, 1.807) is 0 Å². The second-order valence-electron chi connectivity index (χ2n) is 19.5. The van der Waals surface area contributed by atoms with Gasteiger partial charge in [-0.05, 0) is 89.9 Å². The van der Waals surface area contributed by atoms with Crippen LogP contribution >= 0.6 is 0 Å². The van der Waals surface area contributed by atoms with Crippen LogP contribution in [0.2, 0.25) is 0 Å². The van der Waals surface area contributed by atoms with Crippen molar-refractivity contribution in [2.24, 2.45) is 0 Å². The summed E-state index contributed by atoms with van der Waals surface area (Å²) < 4.78 is 17.3. The number of carbonyl (C=O) groups is 3. The Hall–Kier alpha value is -3.23. The minimum atomic E-state index is -0.882. The molecule has 0 aromatic rings. The van der Waals surface area contributed by atoms with Gasteiger partial charge < -0.3 is 23.8 Å². The van der Waals surface area contributed by atoms with Crippen LogP contribution < -0.4 is 0 Å². The van der Waals surface area contributed by atoms with Crippen molar-refractivity contribution < 1.29 is 38.2 Å². The van der Waals surface area contributed by atoms with E-state index in [9.17, 15) is 19.5 Å². The molecule has 0 aliphatic heterocycles. The van der Waals surface area contributed by atoms with E-state index < -0.39 is 18.1 Å². The Morgan fingerprint density at radius 3 is 1.24 bits per heavy atom. The van der Waals surface area contributed by atoms with E-state index >= 15 is 0 Å². The summed E-state index contributed by atoms with van der Waals surface area (Å²) in [6.07, 6.45) is 63.9. The zero-order chi connectivity index (χ0) is 49.2. The standard InChI is InChI=1S/C59H103NO7/c1-6-8-10-12-14-16-18-20-22-24-26-28-30-32-34-36-38-40-42-44-46-48-50-58(62)67-55(53-65-52-51-56(59(63)64)60(3,4)5)54-66-57(61)49-47-45-43-41-39-37-35-33-31-29-27-25-23-21-19-17-15-13-11-9-7-2/h15,17,21,23,27,29-30,32-33,35,39,41,55-56H,6-14,16,18-20,22,24-26,28,31,34,36-38,40,42-54H2,1-5H3/p+1/b17-15+,23-21+,29-27+,32-30+,35-33+,41-39+. The summed E-state index contributed by atoms with van der Waals surface area (Å²) in [5.41, 5.74) is 0. The Morgan fingerprint density at radius 2 is 0.791 bits per heavy atom. The summed E-state index contributed by atoms with van der Waals surface area (Å²) in [4.78, 5) is 37.2. The van der Waals surface area contributed by atoms with Crippen molar-refractivity contribution in [3.63, 3.8) is 0 Å². The zero-order valence-corrected chi connectivity index (χ0v) is 44.1. The number of carboxylic acid groups (broad SMARTS) is 1. The van der Waals surface area contributed by atoms with Crippen molar-refractivity contribution in [3.8, 4) is 0 Å². The van der Waals surface area contributed by atoms with E-state index in [0.29, 0.717) is 25.7 Å². The number of esters is 2. The third-order valence-corrected chi connectivity index (χ3v) is 12.1. The molecule has 1 N–H and O–H groups in total. The van der Waals surface area contributed by atoms with Gasteiger partial charge >= 0.3 is 17.9 Å². The number of hydrogen-bond acceptors (Lipinski definition) is 6. The van der Waals surface area contributed by atoms with Crippen LogP contribution in [0.25, 0.3) is 0 Å². The fourth-order valence-corrected chi connectivity index (χ4v) is 7.81. The highest BCUT2D eigenvalue weighted by Gasteiger charge is 2.31. The van der Waals surface area contributed by atoms with Crippen LogP contribution in [0.3, 0.4) is 0 Å². The molecular formula is C59H104NO7+. The Morgan fingerprint density at radius 1 is 0.448 bits per heavy atom. The van der Waals surface area contributed by atoms with Gasteiger partial charge in [0, 0.05) is 19.3 Å². The monoisotopic (exact) mass is 939 g/mol. The third-order valence-electron chi connectivity index (χ3n) is 12.1. The summed E-state index contributed by atoms with van der Waals surface area (Å²) in [6.45, 7) is 4.68. The molecule has 0 aromatic carbocycles. The maximum Gasteiger partial charge on any atom is 0.362 e. The lowest BCUT2D eigenvalue weighted by Gasteiger charge is -2.31. The Bertz CT molecular complexity index is 1320. The number of hydrogen-bond donors (Lipinski definition) is 1. The molecule has 0 radical (unpaired) electrons. The summed E-state index contributed by atoms with van der Waals surface area (Å²) >= 11 is 0. The molecular weight excluding hydrogens is 835 g/mol. The van der Waals surface area contributed by atoms with Gasteiger partial charge in [0.1, 0.15) is 6.61 Å². The molecule has 0 heterocycles. The fraction of sp³-hybridized carbons (Fsp3) is 0.746. The van der Waals surface area contributed by atoms with Crippen LogP contribution in [0.1, 0.15) is 232 Å². The van der Waals surface area contributed by atoms with Gasteiger partial charge in [-0.2, -0.15) is 0 Å². The molecule has 67 heavy (non-hydrogen) atoms. The lowest BCUT2D eigenvalue weighted by molar-refractivity contribution is -0.887. The number of quaternary nitrogens is 1. The van der Waals surface area contributed by atoms with E-state index in [0.717, 1.165) is 57.8 Å². The van der Waals surface area contributed by atoms with E-state index in [-0.39, 0.29) is 36.2 Å². The zero-order valence-electron chi connectivity index (χ0n) is 44.1. The third kappa shape index (κ3) is 47.6. The van der Waals surface area contributed by atoms with Crippen LogP contribution in [-0.2, 0) is 28.6 Å². The normalized spacial score (nSPS) is 13.4. The Balaban J connectivity index is 4.30. The van der Waals surface area contributed by atoms with Gasteiger partial charge in [0.15, 0.2) is 12.1 Å². The predicted molar refractivity (Wildman–Crippen MR) is 284 cm³/mol. The van der Waals surface area contributed by atoms with Gasteiger partial charge in [-0.15, -0.1) is 0 Å². The molecule has 0 rings (SSSR count). The molecule has 0 saturated heterocycles. The SMILES string of the molecule is CCCCC/C=C/C/C=C/C/C=C/C/C=C/C/C=C/CCCCC(=O)OCC(COCCC(C(=O)O)[N+](C)(C)C)OC(=O)CCCCCCCCC/C=C/CCCCCCCCCCCCC. The van der Waals surface area contributed by atoms with Crippen LogP contribution in [0.15, 0.2) is 72.9 Å². The minimum absolute atomic E-state index is 0.0429. The number of likely N-dealkylation sites (N-methyl/N-ethyl adjacent to an activating group) is 1. The number of ether oxygens (including phenoxy) is 3. The molecule has 0 aliphatic rings. The number of allylic oxidation sites excluding steroid dienone is 12. The second-order valence-corrected chi connectivity index (χ2v) is 19.5. The first-order chi connectivity index (χ1) is 32.6. The molecule has 0 fully saturated rings. The first-order valence-corrected chi connectivity index (χ1v) is 27.5. The van der Waals surface area contributed by atoms with E-state index in [1.807, 2.05) is 21.1 Å². The van der Waals surface area contributed by atoms with Gasteiger partial charge in [-0.1, -0.05) is 196 Å². The Labute approximate surface area is 412 Å². The maximum absolute atomic E-state index is 12.8. The average molecular weight is 939 g/mol. The van der Waals surface area contributed by atoms with Crippen molar-refractivity contribution in [1.29, 1.82) is 0 Å². The highest BCUT2D eigenvalue weighted by atomic mass is 16.6. The van der Waals surface area contributed by atoms with Crippen molar-refractivity contribution in [2.45, 2.75) is 244 Å². The molecule has 0 aliphatic carbocycles. The molecule has 2 atom stereocenters. The minimum Gasteiger partial charge on any atom is -0.477 e. The van der Waals surface area contributed by atoms with Crippen LogP contribution in [0, 0.1) is 0 Å². The molecule has 0 spiro atoms. The van der Waals surface area contributed by atoms with E-state index in [2.05, 4.69) is 86.8 Å². The first kappa shape index (κ1) is 63.8. The predicted octanol–water partition coefficient (Wildman–Crippen LogP) is 16.3. The number of carbonyl (C=O) groups excluding carboxylic acids is 2. The summed E-state index contributed by atoms with van der Waals surface area (Å²) in [6, 6.07) is -0.626. The average Bonchev–Trinajstić information content (AvgIpc) is 3.29. The highest BCUT2D eigenvalue weighted by Crippen LogP contribution is 2.15. The Kier molecular flexibility index (Phi) is 46.8. The van der Waals surface area contributed by atoms with E-state index in [1.165, 1.54) is 135 Å². The topological polar surface area (TPSA) is 99.1 Å².